The van der Waals surface area contributed by atoms with Gasteiger partial charge in [0.25, 0.3) is 0 Å². The van der Waals surface area contributed by atoms with Crippen molar-refractivity contribution in [3.63, 3.8) is 0 Å². The Kier molecular flexibility index (Phi) is 5.46. The highest BCUT2D eigenvalue weighted by Crippen LogP contribution is 2.20. The Labute approximate surface area is 134 Å². The number of aromatic nitrogens is 1. The predicted octanol–water partition coefficient (Wildman–Crippen LogP) is 3.14. The zero-order valence-electron chi connectivity index (χ0n) is 12.7. The van der Waals surface area contributed by atoms with Gasteiger partial charge < -0.3 is 15.0 Å². The normalized spacial score (nSPS) is 19.0. The first-order valence-electron chi connectivity index (χ1n) is 7.12. The Bertz CT molecular complexity index is 487. The molecule has 1 atom stereocenters. The van der Waals surface area contributed by atoms with Crippen LogP contribution in [-0.2, 0) is 11.3 Å². The molecular weight excluding hydrogens is 310 g/mol. The second kappa shape index (κ2) is 6.94. The van der Waals surface area contributed by atoms with Gasteiger partial charge in [-0.05, 0) is 33.1 Å². The molecule has 118 valence electrons. The van der Waals surface area contributed by atoms with Crippen molar-refractivity contribution in [1.29, 1.82) is 0 Å². The van der Waals surface area contributed by atoms with E-state index >= 15 is 0 Å². The van der Waals surface area contributed by atoms with E-state index in [0.717, 1.165) is 37.5 Å². The number of hydrogen-bond donors (Lipinski definition) is 1. The van der Waals surface area contributed by atoms with Crippen LogP contribution < -0.4 is 5.32 Å². The lowest BCUT2D eigenvalue weighted by atomic mass is 10.1. The van der Waals surface area contributed by atoms with Gasteiger partial charge in [0.2, 0.25) is 0 Å². The summed E-state index contributed by atoms with van der Waals surface area (Å²) < 4.78 is 5.96. The van der Waals surface area contributed by atoms with Crippen molar-refractivity contribution in [2.24, 2.45) is 5.92 Å². The number of nitrogens with one attached hydrogen (secondary N) is 1. The highest BCUT2D eigenvalue weighted by molar-refractivity contribution is 7.15. The number of likely N-dealkylation sites (tertiary alicyclic amines) is 1. The van der Waals surface area contributed by atoms with Gasteiger partial charge in [-0.2, -0.15) is 0 Å². The molecule has 1 aliphatic heterocycles. The maximum Gasteiger partial charge on any atom is 0.410 e. The monoisotopic (exact) mass is 331 g/mol. The Balaban J connectivity index is 1.69. The number of hydrogen-bond acceptors (Lipinski definition) is 5. The van der Waals surface area contributed by atoms with Crippen LogP contribution in [0.25, 0.3) is 0 Å². The van der Waals surface area contributed by atoms with Gasteiger partial charge in [0.15, 0.2) is 4.47 Å². The molecule has 0 spiro atoms. The summed E-state index contributed by atoms with van der Waals surface area (Å²) in [6.45, 7) is 8.85. The van der Waals surface area contributed by atoms with Crippen LogP contribution in [-0.4, -0.2) is 41.2 Å². The molecule has 0 bridgehead atoms. The van der Waals surface area contributed by atoms with E-state index in [4.69, 9.17) is 16.3 Å². The van der Waals surface area contributed by atoms with Gasteiger partial charge in [0.1, 0.15) is 5.60 Å². The minimum absolute atomic E-state index is 0.209. The lowest BCUT2D eigenvalue weighted by molar-refractivity contribution is 0.0288. The van der Waals surface area contributed by atoms with Crippen molar-refractivity contribution < 1.29 is 9.53 Å². The Morgan fingerprint density at radius 2 is 2.38 bits per heavy atom. The van der Waals surface area contributed by atoms with E-state index in [1.165, 1.54) is 11.3 Å². The number of carbonyl (C=O) groups excluding carboxylic acids is 1. The topological polar surface area (TPSA) is 54.5 Å². The fraction of sp³-hybridized carbons (Fsp3) is 0.714. The van der Waals surface area contributed by atoms with Gasteiger partial charge in [-0.25, -0.2) is 9.78 Å². The lowest BCUT2D eigenvalue weighted by Gasteiger charge is -2.24. The molecule has 0 aliphatic carbocycles. The number of amides is 1. The molecule has 0 unspecified atom stereocenters. The molecule has 7 heteroatoms. The molecule has 1 aromatic rings. The van der Waals surface area contributed by atoms with Crippen LogP contribution in [0.15, 0.2) is 6.20 Å². The summed E-state index contributed by atoms with van der Waals surface area (Å²) in [5, 5.41) is 3.40. The van der Waals surface area contributed by atoms with Gasteiger partial charge in [-0.1, -0.05) is 11.6 Å². The molecule has 1 saturated heterocycles. The molecule has 1 N–H and O–H groups in total. The molecule has 0 radical (unpaired) electrons. The van der Waals surface area contributed by atoms with Crippen molar-refractivity contribution in [2.75, 3.05) is 19.6 Å². The van der Waals surface area contributed by atoms with Crippen molar-refractivity contribution in [3.8, 4) is 0 Å². The third-order valence-electron chi connectivity index (χ3n) is 3.20. The van der Waals surface area contributed by atoms with Gasteiger partial charge in [-0.3, -0.25) is 0 Å². The summed E-state index contributed by atoms with van der Waals surface area (Å²) in [5.41, 5.74) is -0.432. The van der Waals surface area contributed by atoms with E-state index in [9.17, 15) is 4.79 Å². The summed E-state index contributed by atoms with van der Waals surface area (Å²) in [4.78, 5) is 18.9. The number of rotatable bonds is 4. The van der Waals surface area contributed by atoms with Crippen LogP contribution in [0.3, 0.4) is 0 Å². The van der Waals surface area contributed by atoms with Crippen molar-refractivity contribution in [1.82, 2.24) is 15.2 Å². The number of halogens is 1. The molecule has 0 saturated carbocycles. The van der Waals surface area contributed by atoms with E-state index < -0.39 is 5.60 Å². The van der Waals surface area contributed by atoms with Gasteiger partial charge >= 0.3 is 6.09 Å². The van der Waals surface area contributed by atoms with Crippen LogP contribution in [0.1, 0.15) is 32.1 Å². The van der Waals surface area contributed by atoms with E-state index in [0.29, 0.717) is 10.4 Å². The van der Waals surface area contributed by atoms with Crippen LogP contribution in [0, 0.1) is 5.92 Å². The van der Waals surface area contributed by atoms with Crippen molar-refractivity contribution in [3.05, 3.63) is 15.5 Å². The maximum absolute atomic E-state index is 12.0. The number of carbonyl (C=O) groups is 1. The summed E-state index contributed by atoms with van der Waals surface area (Å²) in [6, 6.07) is 0. The summed E-state index contributed by atoms with van der Waals surface area (Å²) in [5.74, 6) is 0.473. The number of nitrogens with zero attached hydrogens (tertiary/aromatic N) is 2. The second-order valence-corrected chi connectivity index (χ2v) is 7.99. The minimum atomic E-state index is -0.432. The Morgan fingerprint density at radius 3 is 3.00 bits per heavy atom. The summed E-state index contributed by atoms with van der Waals surface area (Å²) >= 11 is 7.28. The second-order valence-electron chi connectivity index (χ2n) is 6.29. The quantitative estimate of drug-likeness (QED) is 0.921. The van der Waals surface area contributed by atoms with E-state index in [2.05, 4.69) is 10.3 Å². The highest BCUT2D eigenvalue weighted by Gasteiger charge is 2.29. The minimum Gasteiger partial charge on any atom is -0.444 e. The average Bonchev–Trinajstić information content (AvgIpc) is 2.97. The lowest BCUT2D eigenvalue weighted by Crippen LogP contribution is -2.36. The SMILES string of the molecule is CC(C)(C)OC(=O)N1CC[C@@H](CNCc2cnc(Cl)s2)C1. The number of ether oxygens (including phenoxy) is 1. The Morgan fingerprint density at radius 1 is 1.62 bits per heavy atom. The third kappa shape index (κ3) is 5.45. The molecule has 5 nitrogen and oxygen atoms in total. The van der Waals surface area contributed by atoms with Crippen molar-refractivity contribution >= 4 is 29.0 Å². The summed E-state index contributed by atoms with van der Waals surface area (Å²) in [7, 11) is 0. The van der Waals surface area contributed by atoms with E-state index in [1.54, 1.807) is 11.1 Å². The maximum atomic E-state index is 12.0. The van der Waals surface area contributed by atoms with Gasteiger partial charge in [0, 0.05) is 37.3 Å². The van der Waals surface area contributed by atoms with Crippen LogP contribution >= 0.6 is 22.9 Å². The first-order chi connectivity index (χ1) is 9.83. The molecule has 21 heavy (non-hydrogen) atoms. The third-order valence-corrected chi connectivity index (χ3v) is 4.31. The van der Waals surface area contributed by atoms with Crippen LogP contribution in [0.4, 0.5) is 4.79 Å². The first kappa shape index (κ1) is 16.5. The molecule has 2 heterocycles. The largest absolute Gasteiger partial charge is 0.444 e. The van der Waals surface area contributed by atoms with Gasteiger partial charge in [-0.15, -0.1) is 11.3 Å². The zero-order chi connectivity index (χ0) is 15.5. The molecule has 0 aromatic carbocycles. The van der Waals surface area contributed by atoms with E-state index in [1.807, 2.05) is 20.8 Å². The molecule has 1 aliphatic rings. The van der Waals surface area contributed by atoms with E-state index in [-0.39, 0.29) is 6.09 Å². The molecule has 1 aromatic heterocycles. The molecule has 1 amide bonds. The molecular formula is C14H22ClN3O2S. The fourth-order valence-electron chi connectivity index (χ4n) is 2.26. The molecule has 2 rings (SSSR count). The highest BCUT2D eigenvalue weighted by atomic mass is 35.5. The number of thiazole rings is 1. The fourth-order valence-corrected chi connectivity index (χ4v) is 3.20. The predicted molar refractivity (Wildman–Crippen MR) is 84.7 cm³/mol. The standard InChI is InChI=1S/C14H22ClN3O2S/c1-14(2,3)20-13(19)18-5-4-10(9-18)6-16-7-11-8-17-12(15)21-11/h8,10,16H,4-7,9H2,1-3H3/t10-/m0/s1. The average molecular weight is 332 g/mol. The zero-order valence-corrected chi connectivity index (χ0v) is 14.3. The smallest absolute Gasteiger partial charge is 0.410 e. The van der Waals surface area contributed by atoms with Gasteiger partial charge in [0.05, 0.1) is 0 Å². The van der Waals surface area contributed by atoms with Crippen LogP contribution in [0.2, 0.25) is 4.47 Å². The Hall–Kier alpha value is -0.850. The summed E-state index contributed by atoms with van der Waals surface area (Å²) in [6.07, 6.45) is 2.59. The van der Waals surface area contributed by atoms with Crippen molar-refractivity contribution in [2.45, 2.75) is 39.3 Å². The molecule has 1 fully saturated rings. The first-order valence-corrected chi connectivity index (χ1v) is 8.32. The van der Waals surface area contributed by atoms with Crippen LogP contribution in [0.5, 0.6) is 0 Å².